The van der Waals surface area contributed by atoms with Gasteiger partial charge in [-0.05, 0) is 24.3 Å². The van der Waals surface area contributed by atoms with E-state index in [1.54, 1.807) is 6.07 Å². The predicted molar refractivity (Wildman–Crippen MR) is 92.9 cm³/mol. The lowest BCUT2D eigenvalue weighted by Crippen LogP contribution is -2.49. The van der Waals surface area contributed by atoms with Gasteiger partial charge in [-0.2, -0.15) is 13.2 Å². The van der Waals surface area contributed by atoms with E-state index in [-0.39, 0.29) is 24.3 Å². The van der Waals surface area contributed by atoms with E-state index in [0.29, 0.717) is 18.9 Å². The number of esters is 1. The van der Waals surface area contributed by atoms with Crippen molar-refractivity contribution in [1.29, 1.82) is 0 Å². The number of alkyl halides is 3. The van der Waals surface area contributed by atoms with Crippen LogP contribution < -0.4 is 4.90 Å². The number of hydrogen-bond acceptors (Lipinski definition) is 6. The van der Waals surface area contributed by atoms with Crippen LogP contribution in [0.15, 0.2) is 36.4 Å². The molecule has 0 N–H and O–H groups in total. The first-order chi connectivity index (χ1) is 13.3. The molecule has 0 bridgehead atoms. The molecule has 0 saturated carbocycles. The highest BCUT2D eigenvalue weighted by atomic mass is 19.4. The molecule has 28 heavy (non-hydrogen) atoms. The van der Waals surface area contributed by atoms with E-state index in [9.17, 15) is 22.8 Å². The summed E-state index contributed by atoms with van der Waals surface area (Å²) in [5.41, 5.74) is -1.22. The number of carbonyl (C=O) groups excluding carboxylic acids is 2. The van der Waals surface area contributed by atoms with Crippen LogP contribution in [0.1, 0.15) is 26.4 Å². The van der Waals surface area contributed by atoms with Crippen LogP contribution in [0, 0.1) is 0 Å². The molecule has 1 aromatic heterocycles. The van der Waals surface area contributed by atoms with Crippen LogP contribution in [0.2, 0.25) is 0 Å². The average molecular weight is 394 g/mol. The number of rotatable bonds is 3. The molecule has 148 valence electrons. The van der Waals surface area contributed by atoms with E-state index >= 15 is 0 Å². The average Bonchev–Trinajstić information content (AvgIpc) is 2.72. The molecule has 0 aliphatic carbocycles. The summed E-state index contributed by atoms with van der Waals surface area (Å²) in [5, 5.41) is 7.76. The van der Waals surface area contributed by atoms with Gasteiger partial charge in [-0.15, -0.1) is 10.2 Å². The predicted octanol–water partition coefficient (Wildman–Crippen LogP) is 2.24. The monoisotopic (exact) mass is 394 g/mol. The van der Waals surface area contributed by atoms with Crippen LogP contribution in [-0.2, 0) is 10.9 Å². The van der Waals surface area contributed by atoms with Crippen LogP contribution in [0.25, 0.3) is 0 Å². The molecule has 1 aliphatic heterocycles. The number of carbonyl (C=O) groups is 2. The lowest BCUT2D eigenvalue weighted by molar-refractivity contribution is -0.138. The molecule has 10 heteroatoms. The molecule has 1 aliphatic rings. The number of halogens is 3. The van der Waals surface area contributed by atoms with Crippen molar-refractivity contribution in [2.75, 3.05) is 38.2 Å². The maximum Gasteiger partial charge on any atom is 0.417 e. The highest BCUT2D eigenvalue weighted by Gasteiger charge is 2.36. The second-order valence-electron chi connectivity index (χ2n) is 6.09. The number of anilines is 1. The van der Waals surface area contributed by atoms with Crippen LogP contribution in [0.3, 0.4) is 0 Å². The Morgan fingerprint density at radius 1 is 1.00 bits per heavy atom. The number of hydrogen-bond donors (Lipinski definition) is 0. The molecule has 1 aromatic carbocycles. The Morgan fingerprint density at radius 3 is 2.25 bits per heavy atom. The molecule has 0 radical (unpaired) electrons. The Hall–Kier alpha value is -3.17. The smallest absolute Gasteiger partial charge is 0.417 e. The summed E-state index contributed by atoms with van der Waals surface area (Å²) in [4.78, 5) is 27.2. The van der Waals surface area contributed by atoms with Gasteiger partial charge in [-0.1, -0.05) is 12.1 Å². The normalized spacial score (nSPS) is 14.7. The van der Waals surface area contributed by atoms with Crippen LogP contribution in [0.5, 0.6) is 0 Å². The highest BCUT2D eigenvalue weighted by Crippen LogP contribution is 2.32. The van der Waals surface area contributed by atoms with Gasteiger partial charge in [0, 0.05) is 26.2 Å². The van der Waals surface area contributed by atoms with Gasteiger partial charge in [0.15, 0.2) is 11.5 Å². The number of methoxy groups -OCH3 is 1. The third-order valence-corrected chi connectivity index (χ3v) is 4.40. The summed E-state index contributed by atoms with van der Waals surface area (Å²) < 4.78 is 44.0. The third kappa shape index (κ3) is 4.05. The quantitative estimate of drug-likeness (QED) is 0.744. The summed E-state index contributed by atoms with van der Waals surface area (Å²) in [6.07, 6.45) is -4.59. The fraction of sp³-hybridized carbons (Fsp3) is 0.333. The van der Waals surface area contributed by atoms with E-state index in [4.69, 9.17) is 0 Å². The zero-order chi connectivity index (χ0) is 20.3. The van der Waals surface area contributed by atoms with E-state index in [2.05, 4.69) is 14.9 Å². The largest absolute Gasteiger partial charge is 0.464 e. The van der Waals surface area contributed by atoms with Gasteiger partial charge in [0.25, 0.3) is 5.91 Å². The van der Waals surface area contributed by atoms with Crippen LogP contribution in [-0.4, -0.2) is 60.3 Å². The van der Waals surface area contributed by atoms with Crippen molar-refractivity contribution >= 4 is 17.7 Å². The van der Waals surface area contributed by atoms with Crippen LogP contribution >= 0.6 is 0 Å². The van der Waals surface area contributed by atoms with Crippen molar-refractivity contribution in [2.45, 2.75) is 6.18 Å². The number of ether oxygens (including phenoxy) is 1. The minimum Gasteiger partial charge on any atom is -0.464 e. The highest BCUT2D eigenvalue weighted by molar-refractivity contribution is 5.96. The molecule has 0 spiro atoms. The van der Waals surface area contributed by atoms with Crippen molar-refractivity contribution in [1.82, 2.24) is 15.1 Å². The van der Waals surface area contributed by atoms with Crippen molar-refractivity contribution in [3.8, 4) is 0 Å². The second kappa shape index (κ2) is 7.83. The molecular weight excluding hydrogens is 377 g/mol. The fourth-order valence-corrected chi connectivity index (χ4v) is 2.93. The number of piperazine rings is 1. The summed E-state index contributed by atoms with van der Waals surface area (Å²) in [5.74, 6) is -0.743. The van der Waals surface area contributed by atoms with Gasteiger partial charge in [-0.3, -0.25) is 4.79 Å². The first-order valence-electron chi connectivity index (χ1n) is 8.43. The second-order valence-corrected chi connectivity index (χ2v) is 6.09. The number of nitrogens with zero attached hydrogens (tertiary/aromatic N) is 4. The van der Waals surface area contributed by atoms with Gasteiger partial charge in [0.05, 0.1) is 18.2 Å². The molecule has 7 nitrogen and oxygen atoms in total. The fourth-order valence-electron chi connectivity index (χ4n) is 2.93. The standard InChI is InChI=1S/C18H17F3N4O3/c1-28-17(27)14-6-7-15(23-22-14)24-8-10-25(11-9-24)16(26)12-4-2-3-5-13(12)18(19,20)21/h2-7H,8-11H2,1H3. The van der Waals surface area contributed by atoms with Gasteiger partial charge < -0.3 is 14.5 Å². The SMILES string of the molecule is COC(=O)c1ccc(N2CCN(C(=O)c3ccccc3C(F)(F)F)CC2)nn1. The Bertz CT molecular complexity index is 863. The molecule has 1 saturated heterocycles. The molecule has 2 heterocycles. The van der Waals surface area contributed by atoms with Crippen molar-refractivity contribution in [3.05, 3.63) is 53.2 Å². The topological polar surface area (TPSA) is 75.6 Å². The van der Waals surface area contributed by atoms with Crippen molar-refractivity contribution in [2.24, 2.45) is 0 Å². The molecule has 0 unspecified atom stereocenters. The summed E-state index contributed by atoms with van der Waals surface area (Å²) in [7, 11) is 1.24. The minimum atomic E-state index is -4.59. The lowest BCUT2D eigenvalue weighted by atomic mass is 10.1. The Balaban J connectivity index is 1.67. The Kier molecular flexibility index (Phi) is 5.48. The van der Waals surface area contributed by atoms with Gasteiger partial charge in [0.2, 0.25) is 0 Å². The minimum absolute atomic E-state index is 0.0730. The first-order valence-corrected chi connectivity index (χ1v) is 8.43. The molecule has 1 amide bonds. The summed E-state index contributed by atoms with van der Waals surface area (Å²) >= 11 is 0. The zero-order valence-electron chi connectivity index (χ0n) is 14.9. The number of aromatic nitrogens is 2. The summed E-state index contributed by atoms with van der Waals surface area (Å²) in [6.45, 7) is 1.25. The molecule has 2 aromatic rings. The van der Waals surface area contributed by atoms with E-state index in [1.807, 2.05) is 4.90 Å². The van der Waals surface area contributed by atoms with E-state index in [0.717, 1.165) is 6.07 Å². The lowest BCUT2D eigenvalue weighted by Gasteiger charge is -2.35. The molecule has 3 rings (SSSR count). The van der Waals surface area contributed by atoms with Crippen molar-refractivity contribution in [3.63, 3.8) is 0 Å². The number of benzene rings is 1. The van der Waals surface area contributed by atoms with E-state index < -0.39 is 23.6 Å². The zero-order valence-corrected chi connectivity index (χ0v) is 14.9. The maximum absolute atomic E-state index is 13.1. The van der Waals surface area contributed by atoms with E-state index in [1.165, 1.54) is 36.3 Å². The Morgan fingerprint density at radius 2 is 1.68 bits per heavy atom. The van der Waals surface area contributed by atoms with Gasteiger partial charge in [-0.25, -0.2) is 4.79 Å². The summed E-state index contributed by atoms with van der Waals surface area (Å²) in [6, 6.07) is 7.85. The van der Waals surface area contributed by atoms with Crippen molar-refractivity contribution < 1.29 is 27.5 Å². The van der Waals surface area contributed by atoms with Gasteiger partial charge in [0.1, 0.15) is 0 Å². The maximum atomic E-state index is 13.1. The molecule has 1 fully saturated rings. The third-order valence-electron chi connectivity index (χ3n) is 4.40. The number of amides is 1. The molecular formula is C18H17F3N4O3. The Labute approximate surface area is 158 Å². The first kappa shape index (κ1) is 19.6. The van der Waals surface area contributed by atoms with Crippen LogP contribution in [0.4, 0.5) is 19.0 Å². The van der Waals surface area contributed by atoms with Gasteiger partial charge >= 0.3 is 12.1 Å². The molecule has 0 atom stereocenters.